The summed E-state index contributed by atoms with van der Waals surface area (Å²) in [6.07, 6.45) is 2.90. The third-order valence-corrected chi connectivity index (χ3v) is 7.40. The number of hydrogen-bond acceptors (Lipinski definition) is 7. The highest BCUT2D eigenvalue weighted by molar-refractivity contribution is 7.89. The SMILES string of the molecule is Cc1ccc(NCC(=O)Nc2cc(Cl)ccc2-n2cncn2)cc1S(=O)(=O)N1CCOCC1. The lowest BCUT2D eigenvalue weighted by atomic mass is 10.2. The maximum atomic E-state index is 13.1. The number of nitrogens with one attached hydrogen (secondary N) is 2. The zero-order valence-electron chi connectivity index (χ0n) is 17.9. The number of hydrogen-bond donors (Lipinski definition) is 2. The Morgan fingerprint density at radius 2 is 1.97 bits per heavy atom. The van der Waals surface area contributed by atoms with Gasteiger partial charge in [0.1, 0.15) is 12.7 Å². The second-order valence-electron chi connectivity index (χ2n) is 7.40. The van der Waals surface area contributed by atoms with E-state index in [1.54, 1.807) is 43.3 Å². The fourth-order valence-corrected chi connectivity index (χ4v) is 5.26. The van der Waals surface area contributed by atoms with E-state index >= 15 is 0 Å². The van der Waals surface area contributed by atoms with Crippen LogP contribution < -0.4 is 10.6 Å². The fourth-order valence-electron chi connectivity index (χ4n) is 3.43. The molecular formula is C21H23ClN6O4S. The van der Waals surface area contributed by atoms with Crippen molar-refractivity contribution in [2.75, 3.05) is 43.5 Å². The number of ether oxygens (including phenoxy) is 1. The van der Waals surface area contributed by atoms with Gasteiger partial charge in [0, 0.05) is 23.8 Å². The molecule has 1 saturated heterocycles. The molecule has 2 heterocycles. The zero-order valence-corrected chi connectivity index (χ0v) is 19.4. The van der Waals surface area contributed by atoms with Crippen LogP contribution in [0.1, 0.15) is 5.56 Å². The van der Waals surface area contributed by atoms with Crippen LogP contribution in [-0.2, 0) is 19.6 Å². The van der Waals surface area contributed by atoms with Crippen LogP contribution in [0.2, 0.25) is 5.02 Å². The first-order valence-electron chi connectivity index (χ1n) is 10.2. The number of halogens is 1. The molecule has 0 bridgehead atoms. The van der Waals surface area contributed by atoms with Gasteiger partial charge in [0.05, 0.1) is 36.0 Å². The predicted molar refractivity (Wildman–Crippen MR) is 124 cm³/mol. The molecule has 10 nitrogen and oxygen atoms in total. The molecule has 4 rings (SSSR count). The van der Waals surface area contributed by atoms with Gasteiger partial charge in [-0.2, -0.15) is 9.40 Å². The minimum Gasteiger partial charge on any atom is -0.379 e. The molecule has 0 radical (unpaired) electrons. The van der Waals surface area contributed by atoms with Crippen molar-refractivity contribution in [3.05, 3.63) is 59.6 Å². The van der Waals surface area contributed by atoms with Gasteiger partial charge in [-0.25, -0.2) is 18.1 Å². The molecule has 1 fully saturated rings. The molecule has 1 aliphatic heterocycles. The standard InChI is InChI=1S/C21H23ClN6O4S/c1-15-2-4-17(11-20(15)33(30,31)27-6-8-32-9-7-27)24-12-21(29)26-18-10-16(22)3-5-19(18)28-14-23-13-25-28/h2-5,10-11,13-14,24H,6-9,12H2,1H3,(H,26,29). The zero-order chi connectivity index (χ0) is 23.4. The lowest BCUT2D eigenvalue weighted by Gasteiger charge is -2.27. The van der Waals surface area contributed by atoms with E-state index in [4.69, 9.17) is 16.3 Å². The van der Waals surface area contributed by atoms with Crippen LogP contribution >= 0.6 is 11.6 Å². The number of carbonyl (C=O) groups excluding carboxylic acids is 1. The molecule has 1 aromatic heterocycles. The Balaban J connectivity index is 1.47. The van der Waals surface area contributed by atoms with Crippen molar-refractivity contribution in [1.82, 2.24) is 19.1 Å². The lowest BCUT2D eigenvalue weighted by Crippen LogP contribution is -2.40. The Morgan fingerprint density at radius 3 is 2.70 bits per heavy atom. The van der Waals surface area contributed by atoms with Crippen LogP contribution in [0.3, 0.4) is 0 Å². The molecule has 3 aromatic rings. The van der Waals surface area contributed by atoms with Crippen LogP contribution in [0.15, 0.2) is 53.9 Å². The Kier molecular flexibility index (Phi) is 6.94. The van der Waals surface area contributed by atoms with Gasteiger partial charge in [0.25, 0.3) is 0 Å². The highest BCUT2D eigenvalue weighted by atomic mass is 35.5. The van der Waals surface area contributed by atoms with Gasteiger partial charge in [0.2, 0.25) is 15.9 Å². The third-order valence-electron chi connectivity index (χ3n) is 5.13. The van der Waals surface area contributed by atoms with Crippen molar-refractivity contribution in [1.29, 1.82) is 0 Å². The van der Waals surface area contributed by atoms with Crippen LogP contribution in [0.5, 0.6) is 0 Å². The quantitative estimate of drug-likeness (QED) is 0.521. The van der Waals surface area contributed by atoms with Gasteiger partial charge in [0.15, 0.2) is 0 Å². The van der Waals surface area contributed by atoms with Crippen molar-refractivity contribution in [3.8, 4) is 5.69 Å². The molecule has 33 heavy (non-hydrogen) atoms. The Morgan fingerprint density at radius 1 is 1.18 bits per heavy atom. The van der Waals surface area contributed by atoms with Crippen molar-refractivity contribution in [2.24, 2.45) is 0 Å². The molecule has 0 aliphatic carbocycles. The van der Waals surface area contributed by atoms with E-state index in [0.717, 1.165) is 0 Å². The molecule has 174 valence electrons. The number of nitrogens with zero attached hydrogens (tertiary/aromatic N) is 4. The number of carbonyl (C=O) groups is 1. The Labute approximate surface area is 196 Å². The monoisotopic (exact) mass is 490 g/mol. The van der Waals surface area contributed by atoms with Crippen molar-refractivity contribution in [2.45, 2.75) is 11.8 Å². The summed E-state index contributed by atoms with van der Waals surface area (Å²) in [7, 11) is -3.66. The number of aryl methyl sites for hydroxylation is 1. The van der Waals surface area contributed by atoms with E-state index in [1.165, 1.54) is 21.6 Å². The Bertz CT molecular complexity index is 1240. The average Bonchev–Trinajstić information content (AvgIpc) is 3.34. The molecule has 12 heteroatoms. The van der Waals surface area contributed by atoms with E-state index in [0.29, 0.717) is 54.0 Å². The van der Waals surface area contributed by atoms with Gasteiger partial charge in [-0.1, -0.05) is 17.7 Å². The summed E-state index contributed by atoms with van der Waals surface area (Å²) in [6.45, 7) is 3.04. The Hall–Kier alpha value is -2.99. The van der Waals surface area contributed by atoms with E-state index in [2.05, 4.69) is 20.7 Å². The third kappa shape index (κ3) is 5.33. The molecule has 2 N–H and O–H groups in total. The first-order valence-corrected chi connectivity index (χ1v) is 12.0. The van der Waals surface area contributed by atoms with Crippen LogP contribution in [0.25, 0.3) is 5.69 Å². The molecule has 1 aliphatic rings. The van der Waals surface area contributed by atoms with Gasteiger partial charge >= 0.3 is 0 Å². The summed E-state index contributed by atoms with van der Waals surface area (Å²) in [5.74, 6) is -0.336. The van der Waals surface area contributed by atoms with E-state index in [1.807, 2.05) is 0 Å². The summed E-state index contributed by atoms with van der Waals surface area (Å²) in [5.41, 5.74) is 2.23. The number of aromatic nitrogens is 3. The maximum Gasteiger partial charge on any atom is 0.243 e. The number of amides is 1. The minimum absolute atomic E-state index is 0.0799. The second-order valence-corrected chi connectivity index (χ2v) is 9.74. The number of benzene rings is 2. The van der Waals surface area contributed by atoms with E-state index < -0.39 is 10.0 Å². The average molecular weight is 491 g/mol. The molecule has 0 spiro atoms. The molecule has 2 aromatic carbocycles. The van der Waals surface area contributed by atoms with Crippen molar-refractivity contribution < 1.29 is 17.9 Å². The number of morpholine rings is 1. The number of rotatable bonds is 7. The van der Waals surface area contributed by atoms with Gasteiger partial charge in [-0.3, -0.25) is 4.79 Å². The van der Waals surface area contributed by atoms with E-state index in [9.17, 15) is 13.2 Å². The summed E-state index contributed by atoms with van der Waals surface area (Å²) in [6, 6.07) is 10.0. The predicted octanol–water partition coefficient (Wildman–Crippen LogP) is 2.30. The minimum atomic E-state index is -3.66. The topological polar surface area (TPSA) is 118 Å². The number of anilines is 2. The molecule has 0 unspecified atom stereocenters. The van der Waals surface area contributed by atoms with Crippen LogP contribution in [-0.4, -0.2) is 66.2 Å². The summed E-state index contributed by atoms with van der Waals surface area (Å²) in [4.78, 5) is 16.7. The van der Waals surface area contributed by atoms with Gasteiger partial charge < -0.3 is 15.4 Å². The first kappa shape index (κ1) is 23.2. The fraction of sp³-hybridized carbons (Fsp3) is 0.286. The molecule has 0 atom stereocenters. The van der Waals surface area contributed by atoms with Crippen LogP contribution in [0.4, 0.5) is 11.4 Å². The maximum absolute atomic E-state index is 13.1. The molecule has 0 saturated carbocycles. The van der Waals surface area contributed by atoms with Crippen molar-refractivity contribution in [3.63, 3.8) is 0 Å². The molecular weight excluding hydrogens is 468 g/mol. The van der Waals surface area contributed by atoms with Crippen LogP contribution in [0, 0.1) is 6.92 Å². The second kappa shape index (κ2) is 9.87. The molecule has 1 amide bonds. The largest absolute Gasteiger partial charge is 0.379 e. The number of sulfonamides is 1. The highest BCUT2D eigenvalue weighted by Gasteiger charge is 2.28. The van der Waals surface area contributed by atoms with Gasteiger partial charge in [-0.15, -0.1) is 0 Å². The van der Waals surface area contributed by atoms with Gasteiger partial charge in [-0.05, 0) is 42.8 Å². The smallest absolute Gasteiger partial charge is 0.243 e. The first-order chi connectivity index (χ1) is 15.8. The summed E-state index contributed by atoms with van der Waals surface area (Å²) in [5, 5.41) is 10.3. The highest BCUT2D eigenvalue weighted by Crippen LogP contribution is 2.25. The van der Waals surface area contributed by atoms with Crippen molar-refractivity contribution >= 4 is 38.9 Å². The summed E-state index contributed by atoms with van der Waals surface area (Å²) < 4.78 is 34.3. The summed E-state index contributed by atoms with van der Waals surface area (Å²) >= 11 is 6.09. The lowest BCUT2D eigenvalue weighted by molar-refractivity contribution is -0.114. The van der Waals surface area contributed by atoms with E-state index in [-0.39, 0.29) is 17.3 Å². The normalized spacial score (nSPS) is 14.7.